The molecule has 0 spiro atoms. The van der Waals surface area contributed by atoms with Crippen LogP contribution in [0.1, 0.15) is 41.5 Å². The van der Waals surface area contributed by atoms with E-state index < -0.39 is 6.09 Å². The number of oxime groups is 1. The van der Waals surface area contributed by atoms with Crippen LogP contribution < -0.4 is 5.32 Å². The lowest BCUT2D eigenvalue weighted by Gasteiger charge is -2.30. The Morgan fingerprint density at radius 2 is 1.44 bits per heavy atom. The van der Waals surface area contributed by atoms with Crippen molar-refractivity contribution in [1.29, 1.82) is 0 Å². The number of Topliss-reactive ketones (excluding diaryl/α,β-unsaturated/α-hetero) is 1. The van der Waals surface area contributed by atoms with Crippen LogP contribution in [-0.2, 0) is 9.63 Å². The number of ketones is 1. The molecule has 0 radical (unpaired) electrons. The minimum atomic E-state index is -0.696. The van der Waals surface area contributed by atoms with Crippen LogP contribution in [0.25, 0.3) is 0 Å². The summed E-state index contributed by atoms with van der Waals surface area (Å²) in [4.78, 5) is 29.9. The smallest absolute Gasteiger partial charge is 0.297 e. The van der Waals surface area contributed by atoms with Gasteiger partial charge in [0.05, 0.1) is 0 Å². The maximum absolute atomic E-state index is 12.9. The predicted molar refractivity (Wildman–Crippen MR) is 112 cm³/mol. The van der Waals surface area contributed by atoms with Crippen molar-refractivity contribution < 1.29 is 14.4 Å². The van der Waals surface area contributed by atoms with Crippen molar-refractivity contribution in [1.82, 2.24) is 0 Å². The summed E-state index contributed by atoms with van der Waals surface area (Å²) < 4.78 is 0.910. The number of allylic oxidation sites excluding steroid dienone is 4. The molecule has 0 heterocycles. The van der Waals surface area contributed by atoms with E-state index in [4.69, 9.17) is 4.84 Å². The van der Waals surface area contributed by atoms with Crippen molar-refractivity contribution in [3.8, 4) is 0 Å². The first kappa shape index (κ1) is 21.1. The molecular weight excluding hydrogens is 408 g/mol. The number of carbonyl (C=O) groups is 2. The van der Waals surface area contributed by atoms with Gasteiger partial charge < -0.3 is 0 Å². The van der Waals surface area contributed by atoms with Crippen LogP contribution in [0.15, 0.2) is 57.2 Å². The Morgan fingerprint density at radius 1 is 0.963 bits per heavy atom. The quantitative estimate of drug-likeness (QED) is 0.360. The summed E-state index contributed by atoms with van der Waals surface area (Å²) in [6.07, 6.45) is 2.67. The lowest BCUT2D eigenvalue weighted by atomic mass is 9.72. The van der Waals surface area contributed by atoms with Gasteiger partial charge in [-0.3, -0.25) is 14.9 Å². The van der Waals surface area contributed by atoms with Gasteiger partial charge in [-0.15, -0.1) is 0 Å². The molecule has 1 amide bonds. The van der Waals surface area contributed by atoms with E-state index in [1.807, 2.05) is 53.7 Å². The van der Waals surface area contributed by atoms with Crippen LogP contribution in [0.2, 0.25) is 0 Å². The number of rotatable bonds is 2. The van der Waals surface area contributed by atoms with Gasteiger partial charge in [-0.2, -0.15) is 0 Å². The van der Waals surface area contributed by atoms with E-state index in [2.05, 4.69) is 26.4 Å². The molecule has 0 fully saturated rings. The van der Waals surface area contributed by atoms with Gasteiger partial charge in [-0.1, -0.05) is 62.6 Å². The van der Waals surface area contributed by atoms with Gasteiger partial charge in [0.25, 0.3) is 0 Å². The van der Waals surface area contributed by atoms with E-state index in [0.29, 0.717) is 22.5 Å². The number of carbonyl (C=O) groups excluding carboxylic acids is 2. The second-order valence-electron chi connectivity index (χ2n) is 8.47. The summed E-state index contributed by atoms with van der Waals surface area (Å²) in [5.41, 5.74) is 1.63. The standard InChI is InChI=1S/C21H25BrN2O3/c1-20(2,3)16-11-15(12-17(18(16)25)21(4,5)6)24-27-19(26)23-14-9-7-13(22)8-10-14/h7-12H,1-6H3,(H,23,26). The average molecular weight is 433 g/mol. The first-order valence-electron chi connectivity index (χ1n) is 8.68. The zero-order chi connectivity index (χ0) is 20.4. The van der Waals surface area contributed by atoms with Crippen LogP contribution in [0, 0.1) is 10.8 Å². The first-order chi connectivity index (χ1) is 12.4. The maximum atomic E-state index is 12.9. The van der Waals surface area contributed by atoms with E-state index in [9.17, 15) is 9.59 Å². The number of benzene rings is 1. The van der Waals surface area contributed by atoms with Gasteiger partial charge in [0, 0.05) is 21.3 Å². The number of amides is 1. The third kappa shape index (κ3) is 5.63. The third-order valence-electron chi connectivity index (χ3n) is 4.01. The molecule has 144 valence electrons. The molecule has 5 nitrogen and oxygen atoms in total. The highest BCUT2D eigenvalue weighted by Gasteiger charge is 2.34. The molecule has 0 aliphatic heterocycles. The van der Waals surface area contributed by atoms with E-state index in [-0.39, 0.29) is 16.6 Å². The second-order valence-corrected chi connectivity index (χ2v) is 9.39. The lowest BCUT2D eigenvalue weighted by Crippen LogP contribution is -2.29. The molecule has 2 rings (SSSR count). The summed E-state index contributed by atoms with van der Waals surface area (Å²) >= 11 is 3.34. The monoisotopic (exact) mass is 432 g/mol. The number of hydrogen-bond acceptors (Lipinski definition) is 4. The Balaban J connectivity index is 2.24. The summed E-state index contributed by atoms with van der Waals surface area (Å²) in [7, 11) is 0. The molecule has 0 unspecified atom stereocenters. The molecule has 0 aromatic heterocycles. The van der Waals surface area contributed by atoms with Crippen molar-refractivity contribution in [2.24, 2.45) is 16.0 Å². The fourth-order valence-corrected chi connectivity index (χ4v) is 2.81. The predicted octanol–water partition coefficient (Wildman–Crippen LogP) is 5.88. The van der Waals surface area contributed by atoms with Gasteiger partial charge in [-0.25, -0.2) is 4.79 Å². The molecule has 1 N–H and O–H groups in total. The molecule has 0 bridgehead atoms. The van der Waals surface area contributed by atoms with Crippen LogP contribution in [0.4, 0.5) is 10.5 Å². The molecule has 0 saturated carbocycles. The molecule has 1 aliphatic rings. The van der Waals surface area contributed by atoms with Gasteiger partial charge in [0.2, 0.25) is 0 Å². The van der Waals surface area contributed by atoms with E-state index in [1.165, 1.54) is 0 Å². The highest BCUT2D eigenvalue weighted by molar-refractivity contribution is 9.10. The minimum absolute atomic E-state index is 0.00765. The number of anilines is 1. The number of halogens is 1. The van der Waals surface area contributed by atoms with E-state index in [0.717, 1.165) is 4.47 Å². The Bertz CT molecular complexity index is 800. The van der Waals surface area contributed by atoms with Gasteiger partial charge in [0.15, 0.2) is 5.78 Å². The summed E-state index contributed by atoms with van der Waals surface area (Å²) in [6.45, 7) is 11.8. The van der Waals surface area contributed by atoms with Crippen LogP contribution >= 0.6 is 15.9 Å². The Kier molecular flexibility index (Phi) is 6.10. The SMILES string of the molecule is CC(C)(C)C1=CC(=NOC(=O)Nc2ccc(Br)cc2)C=C(C(C)(C)C)C1=O. The molecule has 0 atom stereocenters. The highest BCUT2D eigenvalue weighted by atomic mass is 79.9. The van der Waals surface area contributed by atoms with Gasteiger partial charge in [-0.05, 0) is 47.2 Å². The highest BCUT2D eigenvalue weighted by Crippen LogP contribution is 2.37. The van der Waals surface area contributed by atoms with E-state index >= 15 is 0 Å². The normalized spacial score (nSPS) is 15.1. The van der Waals surface area contributed by atoms with Crippen molar-refractivity contribution in [3.63, 3.8) is 0 Å². The molecular formula is C21H25BrN2O3. The molecule has 6 heteroatoms. The molecule has 27 heavy (non-hydrogen) atoms. The average Bonchev–Trinajstić information content (AvgIpc) is 2.54. The van der Waals surface area contributed by atoms with Crippen molar-refractivity contribution >= 4 is 39.2 Å². The summed E-state index contributed by atoms with van der Waals surface area (Å²) in [5, 5.41) is 6.55. The van der Waals surface area contributed by atoms with Crippen LogP contribution in [0.3, 0.4) is 0 Å². The summed E-state index contributed by atoms with van der Waals surface area (Å²) in [6, 6.07) is 7.11. The van der Waals surface area contributed by atoms with Crippen molar-refractivity contribution in [3.05, 3.63) is 52.0 Å². The van der Waals surface area contributed by atoms with Crippen LogP contribution in [0.5, 0.6) is 0 Å². The Hall–Kier alpha value is -2.21. The fraction of sp³-hybridized carbons (Fsp3) is 0.381. The van der Waals surface area contributed by atoms with Gasteiger partial charge in [0.1, 0.15) is 5.71 Å². The first-order valence-corrected chi connectivity index (χ1v) is 9.48. The largest absolute Gasteiger partial charge is 0.437 e. The topological polar surface area (TPSA) is 67.8 Å². The van der Waals surface area contributed by atoms with Crippen molar-refractivity contribution in [2.75, 3.05) is 5.32 Å². The van der Waals surface area contributed by atoms with Gasteiger partial charge >= 0.3 is 6.09 Å². The summed E-state index contributed by atoms with van der Waals surface area (Å²) in [5.74, 6) is 0.00765. The minimum Gasteiger partial charge on any atom is -0.297 e. The Morgan fingerprint density at radius 3 is 1.89 bits per heavy atom. The molecule has 1 aliphatic carbocycles. The van der Waals surface area contributed by atoms with E-state index in [1.54, 1.807) is 24.3 Å². The number of nitrogens with one attached hydrogen (secondary N) is 1. The number of nitrogens with zero attached hydrogens (tertiary/aromatic N) is 1. The molecule has 0 saturated heterocycles. The Labute approximate surface area is 168 Å². The molecule has 1 aromatic carbocycles. The zero-order valence-corrected chi connectivity index (χ0v) is 18.1. The number of hydrogen-bond donors (Lipinski definition) is 1. The third-order valence-corrected chi connectivity index (χ3v) is 4.54. The fourth-order valence-electron chi connectivity index (χ4n) is 2.55. The maximum Gasteiger partial charge on any atom is 0.437 e. The lowest BCUT2D eigenvalue weighted by molar-refractivity contribution is -0.114. The zero-order valence-electron chi connectivity index (χ0n) is 16.5. The van der Waals surface area contributed by atoms with Crippen LogP contribution in [-0.4, -0.2) is 17.6 Å². The second kappa shape index (κ2) is 7.80. The molecule has 1 aromatic rings. The van der Waals surface area contributed by atoms with Crippen molar-refractivity contribution in [2.45, 2.75) is 41.5 Å².